The Bertz CT molecular complexity index is 1530. The molecule has 4 heterocycles. The third kappa shape index (κ3) is 7.03. The summed E-state index contributed by atoms with van der Waals surface area (Å²) < 4.78 is 28.3. The van der Waals surface area contributed by atoms with Gasteiger partial charge in [0.25, 0.3) is 0 Å². The van der Waals surface area contributed by atoms with Gasteiger partial charge in [0.2, 0.25) is 0 Å². The molecule has 0 aliphatic heterocycles. The summed E-state index contributed by atoms with van der Waals surface area (Å²) in [6.07, 6.45) is 7.05. The van der Waals surface area contributed by atoms with Crippen LogP contribution in [0.15, 0.2) is 119 Å². The molecule has 0 N–H and O–H groups in total. The quantitative estimate of drug-likeness (QED) is 0.167. The molecule has 0 spiro atoms. The second-order valence-electron chi connectivity index (χ2n) is 9.20. The van der Waals surface area contributed by atoms with Crippen molar-refractivity contribution in [1.82, 2.24) is 20.3 Å². The van der Waals surface area contributed by atoms with Crippen LogP contribution in [0, 0.1) is 0 Å². The lowest BCUT2D eigenvalue weighted by molar-refractivity contribution is 0.0727. The van der Waals surface area contributed by atoms with Crippen molar-refractivity contribution >= 4 is 0 Å². The molecule has 0 atom stereocenters. The van der Waals surface area contributed by atoms with Crippen molar-refractivity contribution in [3.63, 3.8) is 0 Å². The van der Waals surface area contributed by atoms with E-state index in [1.807, 2.05) is 84.9 Å². The lowest BCUT2D eigenvalue weighted by Crippen LogP contribution is -1.95. The van der Waals surface area contributed by atoms with Gasteiger partial charge in [-0.15, -0.1) is 0 Å². The van der Waals surface area contributed by atoms with E-state index in [0.717, 1.165) is 45.1 Å². The summed E-state index contributed by atoms with van der Waals surface area (Å²) in [5.74, 6) is 2.75. The van der Waals surface area contributed by atoms with Crippen LogP contribution in [-0.4, -0.2) is 20.3 Å². The fourth-order valence-electron chi connectivity index (χ4n) is 4.03. The maximum atomic E-state index is 5.82. The smallest absolute Gasteiger partial charge is 0.163 e. The van der Waals surface area contributed by atoms with Crippen LogP contribution < -0.4 is 9.47 Å². The minimum atomic E-state index is 0.248. The minimum absolute atomic E-state index is 0.248. The number of hydrogen-bond acceptors (Lipinski definition) is 9. The van der Waals surface area contributed by atoms with Crippen LogP contribution in [0.3, 0.4) is 0 Å². The van der Waals surface area contributed by atoms with E-state index in [1.54, 1.807) is 24.8 Å². The zero-order valence-corrected chi connectivity index (χ0v) is 22.1. The molecule has 0 fully saturated rings. The molecule has 6 rings (SSSR count). The molecule has 4 aromatic heterocycles. The van der Waals surface area contributed by atoms with Crippen molar-refractivity contribution in [2.75, 3.05) is 0 Å². The molecule has 0 aliphatic carbocycles. The Morgan fingerprint density at radius 2 is 1.00 bits per heavy atom. The SMILES string of the molecule is c1cncc(COc2ccc(-c3cc(COCc4cc(-c5ccc(OCc6cccnc6)cc5)no4)on3)cc2)c1. The third-order valence-electron chi connectivity index (χ3n) is 6.16. The zero-order valence-electron chi connectivity index (χ0n) is 22.1. The van der Waals surface area contributed by atoms with Crippen LogP contribution in [0.1, 0.15) is 22.6 Å². The van der Waals surface area contributed by atoms with Gasteiger partial charge in [0.05, 0.1) is 0 Å². The second-order valence-corrected chi connectivity index (χ2v) is 9.20. The van der Waals surface area contributed by atoms with Crippen molar-refractivity contribution in [3.05, 3.63) is 132 Å². The number of pyridine rings is 2. The van der Waals surface area contributed by atoms with Crippen LogP contribution in [0.25, 0.3) is 22.5 Å². The Morgan fingerprint density at radius 3 is 1.41 bits per heavy atom. The lowest BCUT2D eigenvalue weighted by atomic mass is 10.1. The van der Waals surface area contributed by atoms with Crippen molar-refractivity contribution in [2.24, 2.45) is 0 Å². The summed E-state index contributed by atoms with van der Waals surface area (Å²) in [6, 6.07) is 26.8. The number of ether oxygens (including phenoxy) is 3. The zero-order chi connectivity index (χ0) is 27.7. The summed E-state index contributed by atoms with van der Waals surface area (Å²) in [4.78, 5) is 8.20. The van der Waals surface area contributed by atoms with Crippen LogP contribution >= 0.6 is 0 Å². The molecule has 0 amide bonds. The van der Waals surface area contributed by atoms with Gasteiger partial charge in [-0.1, -0.05) is 22.4 Å². The maximum Gasteiger partial charge on any atom is 0.163 e. The predicted octanol–water partition coefficient (Wildman–Crippen LogP) is 6.66. The molecule has 9 nitrogen and oxygen atoms in total. The largest absolute Gasteiger partial charge is 0.489 e. The summed E-state index contributed by atoms with van der Waals surface area (Å²) >= 11 is 0. The third-order valence-corrected chi connectivity index (χ3v) is 6.16. The summed E-state index contributed by atoms with van der Waals surface area (Å²) in [5, 5.41) is 8.33. The number of hydrogen-bond donors (Lipinski definition) is 0. The molecule has 0 bridgehead atoms. The molecule has 6 aromatic rings. The van der Waals surface area contributed by atoms with E-state index in [0.29, 0.717) is 24.7 Å². The first-order valence-electron chi connectivity index (χ1n) is 13.0. The van der Waals surface area contributed by atoms with Gasteiger partial charge >= 0.3 is 0 Å². The Kier molecular flexibility index (Phi) is 8.05. The van der Waals surface area contributed by atoms with Gasteiger partial charge in [-0.25, -0.2) is 0 Å². The predicted molar refractivity (Wildman–Crippen MR) is 150 cm³/mol. The molecule has 0 saturated heterocycles. The molecule has 0 unspecified atom stereocenters. The summed E-state index contributed by atoms with van der Waals surface area (Å²) in [6.45, 7) is 1.41. The topological polar surface area (TPSA) is 106 Å². The molecule has 0 aliphatic rings. The fourth-order valence-corrected chi connectivity index (χ4v) is 4.03. The molecule has 2 aromatic carbocycles. The van der Waals surface area contributed by atoms with Gasteiger partial charge in [0.15, 0.2) is 11.5 Å². The highest BCUT2D eigenvalue weighted by molar-refractivity contribution is 5.60. The van der Waals surface area contributed by atoms with E-state index in [2.05, 4.69) is 20.3 Å². The van der Waals surface area contributed by atoms with Crippen LogP contribution in [-0.2, 0) is 31.2 Å². The normalized spacial score (nSPS) is 10.9. The average Bonchev–Trinajstić information content (AvgIpc) is 3.71. The first-order chi connectivity index (χ1) is 20.3. The Labute approximate surface area is 236 Å². The fraction of sp³-hybridized carbons (Fsp3) is 0.125. The number of aromatic nitrogens is 4. The van der Waals surface area contributed by atoms with Gasteiger partial charge in [-0.3, -0.25) is 9.97 Å². The van der Waals surface area contributed by atoms with E-state index < -0.39 is 0 Å². The van der Waals surface area contributed by atoms with E-state index in [9.17, 15) is 0 Å². The molecular weight excluding hydrogens is 520 g/mol. The number of rotatable bonds is 12. The summed E-state index contributed by atoms with van der Waals surface area (Å²) in [7, 11) is 0. The highest BCUT2D eigenvalue weighted by atomic mass is 16.5. The standard InChI is InChI=1S/C32H26N4O5/c1-3-23(17-33-13-1)19-38-27-9-5-25(6-10-27)31-15-29(40-35-31)21-37-22-30-16-32(36-41-30)26-7-11-28(12-8-26)39-20-24-4-2-14-34-18-24/h1-18H,19-22H2. The van der Waals surface area contributed by atoms with Crippen LogP contribution in [0.5, 0.6) is 11.5 Å². The first kappa shape index (κ1) is 26.0. The van der Waals surface area contributed by atoms with E-state index >= 15 is 0 Å². The second kappa shape index (κ2) is 12.7. The van der Waals surface area contributed by atoms with Crippen molar-refractivity contribution in [3.8, 4) is 34.0 Å². The van der Waals surface area contributed by atoms with Crippen LogP contribution in [0.2, 0.25) is 0 Å². The highest BCUT2D eigenvalue weighted by Gasteiger charge is 2.10. The molecular formula is C32H26N4O5. The Hall–Kier alpha value is -5.28. The molecule has 0 saturated carbocycles. The van der Waals surface area contributed by atoms with Gasteiger partial charge < -0.3 is 23.3 Å². The molecule has 204 valence electrons. The van der Waals surface area contributed by atoms with Crippen molar-refractivity contribution < 1.29 is 23.3 Å². The van der Waals surface area contributed by atoms with E-state index in [1.165, 1.54) is 0 Å². The van der Waals surface area contributed by atoms with Gasteiger partial charge in [0, 0.05) is 59.2 Å². The first-order valence-corrected chi connectivity index (χ1v) is 13.0. The number of nitrogens with zero attached hydrogens (tertiary/aromatic N) is 4. The molecule has 41 heavy (non-hydrogen) atoms. The Balaban J connectivity index is 0.965. The average molecular weight is 547 g/mol. The lowest BCUT2D eigenvalue weighted by Gasteiger charge is -2.06. The van der Waals surface area contributed by atoms with Gasteiger partial charge in [-0.05, 0) is 60.7 Å². The molecule has 0 radical (unpaired) electrons. The van der Waals surface area contributed by atoms with Crippen molar-refractivity contribution in [1.29, 1.82) is 0 Å². The number of benzene rings is 2. The van der Waals surface area contributed by atoms with E-state index in [4.69, 9.17) is 23.3 Å². The minimum Gasteiger partial charge on any atom is -0.489 e. The van der Waals surface area contributed by atoms with Gasteiger partial charge in [-0.2, -0.15) is 0 Å². The molecule has 9 heteroatoms. The Morgan fingerprint density at radius 1 is 0.537 bits per heavy atom. The highest BCUT2D eigenvalue weighted by Crippen LogP contribution is 2.25. The van der Waals surface area contributed by atoms with Gasteiger partial charge in [0.1, 0.15) is 49.3 Å². The van der Waals surface area contributed by atoms with Crippen molar-refractivity contribution in [2.45, 2.75) is 26.4 Å². The summed E-state index contributed by atoms with van der Waals surface area (Å²) in [5.41, 5.74) is 5.30. The van der Waals surface area contributed by atoms with E-state index in [-0.39, 0.29) is 13.2 Å². The maximum absolute atomic E-state index is 5.82. The van der Waals surface area contributed by atoms with Crippen LogP contribution in [0.4, 0.5) is 0 Å². The monoisotopic (exact) mass is 546 g/mol.